The van der Waals surface area contributed by atoms with Gasteiger partial charge in [-0.15, -0.1) is 0 Å². The second-order valence-electron chi connectivity index (χ2n) is 7.60. The summed E-state index contributed by atoms with van der Waals surface area (Å²) in [5.41, 5.74) is -1.54. The third-order valence-corrected chi connectivity index (χ3v) is 6.10. The first-order valence-corrected chi connectivity index (χ1v) is 8.05. The molecule has 22 heavy (non-hydrogen) atoms. The van der Waals surface area contributed by atoms with Gasteiger partial charge in [-0.05, 0) is 44.4 Å². The molecule has 0 heterocycles. The Morgan fingerprint density at radius 2 is 1.23 bits per heavy atom. The van der Waals surface area contributed by atoms with Crippen molar-refractivity contribution in [2.24, 2.45) is 34.5 Å². The highest BCUT2D eigenvalue weighted by Gasteiger charge is 2.54. The Hall–Kier alpha value is -1.06. The first-order chi connectivity index (χ1) is 9.88. The Morgan fingerprint density at radius 3 is 1.55 bits per heavy atom. The van der Waals surface area contributed by atoms with Gasteiger partial charge in [0.1, 0.15) is 0 Å². The van der Waals surface area contributed by atoms with Crippen molar-refractivity contribution in [2.75, 3.05) is 14.2 Å². The van der Waals surface area contributed by atoms with Gasteiger partial charge in [-0.3, -0.25) is 9.59 Å². The average molecular weight is 314 g/mol. The molecule has 0 rings (SSSR count). The van der Waals surface area contributed by atoms with Crippen LogP contribution in [-0.4, -0.2) is 26.2 Å². The molecule has 4 heteroatoms. The summed E-state index contributed by atoms with van der Waals surface area (Å²) in [6.45, 7) is 16.0. The summed E-state index contributed by atoms with van der Waals surface area (Å²) in [4.78, 5) is 24.8. The normalized spacial score (nSPS) is 19.0. The van der Waals surface area contributed by atoms with E-state index >= 15 is 0 Å². The summed E-state index contributed by atoms with van der Waals surface area (Å²) in [7, 11) is 2.79. The molecule has 0 N–H and O–H groups in total. The Bertz CT molecular complexity index is 400. The van der Waals surface area contributed by atoms with Crippen molar-refractivity contribution in [2.45, 2.75) is 55.4 Å². The highest BCUT2D eigenvalue weighted by molar-refractivity contribution is 5.81. The van der Waals surface area contributed by atoms with Gasteiger partial charge in [-0.1, -0.05) is 34.6 Å². The van der Waals surface area contributed by atoms with Crippen molar-refractivity contribution in [1.82, 2.24) is 0 Å². The van der Waals surface area contributed by atoms with Crippen LogP contribution in [-0.2, 0) is 19.1 Å². The SMILES string of the molecule is COC(=O)C(C)(C)C(C)C(C)(C(=O)OC)C(C)C(C)C(C)C. The fourth-order valence-electron chi connectivity index (χ4n) is 3.29. The fraction of sp³-hybridized carbons (Fsp3) is 0.889. The lowest BCUT2D eigenvalue weighted by molar-refractivity contribution is -0.172. The van der Waals surface area contributed by atoms with Crippen LogP contribution in [0.25, 0.3) is 0 Å². The van der Waals surface area contributed by atoms with Crippen LogP contribution in [0.2, 0.25) is 0 Å². The lowest BCUT2D eigenvalue weighted by Gasteiger charge is -2.46. The van der Waals surface area contributed by atoms with E-state index in [1.54, 1.807) is 0 Å². The third-order valence-electron chi connectivity index (χ3n) is 6.10. The lowest BCUT2D eigenvalue weighted by Crippen LogP contribution is -2.51. The maximum atomic E-state index is 12.6. The zero-order chi connectivity index (χ0) is 17.9. The fourth-order valence-corrected chi connectivity index (χ4v) is 3.29. The molecule has 0 radical (unpaired) electrons. The molecule has 0 aromatic rings. The van der Waals surface area contributed by atoms with E-state index < -0.39 is 10.8 Å². The van der Waals surface area contributed by atoms with Crippen LogP contribution in [0.15, 0.2) is 0 Å². The summed E-state index contributed by atoms with van der Waals surface area (Å²) in [6.07, 6.45) is 0. The standard InChI is InChI=1S/C18H34O4/c1-11(2)12(3)13(4)18(8,16(20)22-10)14(5)17(6,7)15(19)21-9/h11-14H,1-10H3. The van der Waals surface area contributed by atoms with Crippen molar-refractivity contribution in [3.8, 4) is 0 Å². The Kier molecular flexibility index (Phi) is 7.11. The third kappa shape index (κ3) is 3.64. The summed E-state index contributed by atoms with van der Waals surface area (Å²) < 4.78 is 10.0. The van der Waals surface area contributed by atoms with Gasteiger partial charge in [0.15, 0.2) is 0 Å². The molecule has 4 nitrogen and oxygen atoms in total. The predicted molar refractivity (Wildman–Crippen MR) is 88.3 cm³/mol. The molecule has 0 aromatic heterocycles. The van der Waals surface area contributed by atoms with Gasteiger partial charge in [0.2, 0.25) is 0 Å². The van der Waals surface area contributed by atoms with Crippen LogP contribution in [0.5, 0.6) is 0 Å². The van der Waals surface area contributed by atoms with Crippen molar-refractivity contribution < 1.29 is 19.1 Å². The monoisotopic (exact) mass is 314 g/mol. The number of hydrogen-bond acceptors (Lipinski definition) is 4. The Labute approximate surface area is 135 Å². The summed E-state index contributed by atoms with van der Waals surface area (Å²) in [5.74, 6) is 0.0268. The highest BCUT2D eigenvalue weighted by Crippen LogP contribution is 2.49. The van der Waals surface area contributed by atoms with Crippen LogP contribution in [0.1, 0.15) is 55.4 Å². The van der Waals surface area contributed by atoms with E-state index in [0.29, 0.717) is 11.8 Å². The summed E-state index contributed by atoms with van der Waals surface area (Å²) in [5, 5.41) is 0. The van der Waals surface area contributed by atoms with Crippen LogP contribution >= 0.6 is 0 Å². The molecular formula is C18H34O4. The smallest absolute Gasteiger partial charge is 0.312 e. The lowest BCUT2D eigenvalue weighted by atomic mass is 9.56. The van der Waals surface area contributed by atoms with Gasteiger partial charge in [-0.25, -0.2) is 0 Å². The molecule has 0 aliphatic carbocycles. The quantitative estimate of drug-likeness (QED) is 0.668. The van der Waals surface area contributed by atoms with Gasteiger partial charge in [0.05, 0.1) is 25.0 Å². The van der Waals surface area contributed by atoms with Gasteiger partial charge < -0.3 is 9.47 Å². The molecule has 0 aliphatic rings. The number of carbonyl (C=O) groups is 2. The van der Waals surface area contributed by atoms with Gasteiger partial charge >= 0.3 is 11.9 Å². The minimum atomic E-state index is -0.775. The summed E-state index contributed by atoms with van der Waals surface area (Å²) in [6, 6.07) is 0. The van der Waals surface area contributed by atoms with Crippen molar-refractivity contribution in [1.29, 1.82) is 0 Å². The van der Waals surface area contributed by atoms with E-state index in [4.69, 9.17) is 9.47 Å². The number of hydrogen-bond donors (Lipinski definition) is 0. The highest BCUT2D eigenvalue weighted by atomic mass is 16.5. The average Bonchev–Trinajstić information content (AvgIpc) is 2.49. The van der Waals surface area contributed by atoms with Gasteiger partial charge in [-0.2, -0.15) is 0 Å². The molecule has 4 atom stereocenters. The molecule has 0 aromatic carbocycles. The molecule has 0 fully saturated rings. The number of methoxy groups -OCH3 is 2. The molecule has 130 valence electrons. The topological polar surface area (TPSA) is 52.6 Å². The van der Waals surface area contributed by atoms with Crippen molar-refractivity contribution in [3.05, 3.63) is 0 Å². The minimum absolute atomic E-state index is 0.0684. The first kappa shape index (κ1) is 20.9. The van der Waals surface area contributed by atoms with E-state index in [-0.39, 0.29) is 23.8 Å². The van der Waals surface area contributed by atoms with Crippen LogP contribution in [0.3, 0.4) is 0 Å². The largest absolute Gasteiger partial charge is 0.469 e. The molecule has 0 spiro atoms. The minimum Gasteiger partial charge on any atom is -0.469 e. The molecule has 0 aliphatic heterocycles. The number of rotatable bonds is 7. The first-order valence-electron chi connectivity index (χ1n) is 8.05. The molecule has 0 amide bonds. The zero-order valence-electron chi connectivity index (χ0n) is 15.9. The Balaban J connectivity index is 5.91. The number of ether oxygens (including phenoxy) is 2. The van der Waals surface area contributed by atoms with Gasteiger partial charge in [0.25, 0.3) is 0 Å². The van der Waals surface area contributed by atoms with E-state index in [2.05, 4.69) is 27.7 Å². The van der Waals surface area contributed by atoms with E-state index in [9.17, 15) is 9.59 Å². The predicted octanol–water partition coefficient (Wildman–Crippen LogP) is 3.93. The molecule has 0 saturated carbocycles. The zero-order valence-corrected chi connectivity index (χ0v) is 15.9. The van der Waals surface area contributed by atoms with Crippen LogP contribution < -0.4 is 0 Å². The number of esters is 2. The van der Waals surface area contributed by atoms with Crippen LogP contribution in [0.4, 0.5) is 0 Å². The number of carbonyl (C=O) groups excluding carboxylic acids is 2. The molecule has 4 unspecified atom stereocenters. The molecule has 0 saturated heterocycles. The maximum Gasteiger partial charge on any atom is 0.312 e. The van der Waals surface area contributed by atoms with E-state index in [0.717, 1.165) is 0 Å². The van der Waals surface area contributed by atoms with Crippen LogP contribution in [0, 0.1) is 34.5 Å². The van der Waals surface area contributed by atoms with Crippen molar-refractivity contribution in [3.63, 3.8) is 0 Å². The van der Waals surface area contributed by atoms with Gasteiger partial charge in [0, 0.05) is 0 Å². The summed E-state index contributed by atoms with van der Waals surface area (Å²) >= 11 is 0. The second kappa shape index (κ2) is 7.47. The molecular weight excluding hydrogens is 280 g/mol. The van der Waals surface area contributed by atoms with Crippen molar-refractivity contribution >= 4 is 11.9 Å². The maximum absolute atomic E-state index is 12.6. The molecule has 0 bridgehead atoms. The Morgan fingerprint density at radius 1 is 0.818 bits per heavy atom. The van der Waals surface area contributed by atoms with E-state index in [1.165, 1.54) is 14.2 Å². The van der Waals surface area contributed by atoms with E-state index in [1.807, 2.05) is 27.7 Å². The second-order valence-corrected chi connectivity index (χ2v) is 7.60.